The summed E-state index contributed by atoms with van der Waals surface area (Å²) < 4.78 is 0. The third-order valence-electron chi connectivity index (χ3n) is 2.66. The minimum absolute atomic E-state index is 0.0212. The molecule has 1 atom stereocenters. The van der Waals surface area contributed by atoms with E-state index in [1.54, 1.807) is 12.4 Å². The summed E-state index contributed by atoms with van der Waals surface area (Å²) in [4.78, 5) is 8.65. The minimum Gasteiger partial charge on any atom is -0.271 e. The molecule has 0 radical (unpaired) electrons. The number of nitrogens with two attached hydrogens (primary N) is 1. The van der Waals surface area contributed by atoms with Crippen LogP contribution in [0.5, 0.6) is 0 Å². The number of nitrogens with one attached hydrogen (secondary N) is 1. The second-order valence-corrected chi connectivity index (χ2v) is 4.15. The van der Waals surface area contributed by atoms with Crippen LogP contribution >= 0.6 is 0 Å². The monoisotopic (exact) mass is 228 g/mol. The molecule has 1 aromatic carbocycles. The predicted molar refractivity (Wildman–Crippen MR) is 69.0 cm³/mol. The number of hydrogen-bond acceptors (Lipinski definition) is 4. The average molecular weight is 228 g/mol. The topological polar surface area (TPSA) is 63.8 Å². The van der Waals surface area contributed by atoms with E-state index >= 15 is 0 Å². The minimum atomic E-state index is 0.0212. The van der Waals surface area contributed by atoms with Crippen molar-refractivity contribution >= 4 is 11.0 Å². The van der Waals surface area contributed by atoms with E-state index in [4.69, 9.17) is 5.84 Å². The molecule has 0 spiro atoms. The largest absolute Gasteiger partial charge is 0.271 e. The van der Waals surface area contributed by atoms with Crippen molar-refractivity contribution in [3.05, 3.63) is 48.3 Å². The van der Waals surface area contributed by atoms with E-state index in [-0.39, 0.29) is 6.04 Å². The molecule has 4 nitrogen and oxygen atoms in total. The summed E-state index contributed by atoms with van der Waals surface area (Å²) in [5.74, 6) is 5.60. The van der Waals surface area contributed by atoms with E-state index < -0.39 is 0 Å². The zero-order valence-corrected chi connectivity index (χ0v) is 9.85. The molecule has 2 aromatic rings. The van der Waals surface area contributed by atoms with Crippen molar-refractivity contribution in [2.45, 2.75) is 19.4 Å². The Hall–Kier alpha value is -1.78. The molecule has 0 aliphatic carbocycles. The Morgan fingerprint density at radius 3 is 2.88 bits per heavy atom. The van der Waals surface area contributed by atoms with Crippen LogP contribution in [0.25, 0.3) is 11.0 Å². The molecular weight excluding hydrogens is 212 g/mol. The van der Waals surface area contributed by atoms with Gasteiger partial charge in [0.15, 0.2) is 0 Å². The summed E-state index contributed by atoms with van der Waals surface area (Å²) in [6.07, 6.45) is 4.17. The number of rotatable bonds is 4. The van der Waals surface area contributed by atoms with Gasteiger partial charge in [-0.2, -0.15) is 0 Å². The van der Waals surface area contributed by atoms with Crippen molar-refractivity contribution in [2.75, 3.05) is 0 Å². The molecule has 0 fully saturated rings. The Labute approximate surface area is 101 Å². The van der Waals surface area contributed by atoms with Crippen molar-refractivity contribution in [3.8, 4) is 0 Å². The van der Waals surface area contributed by atoms with Gasteiger partial charge in [0, 0.05) is 12.4 Å². The van der Waals surface area contributed by atoms with Crippen LogP contribution in [0.1, 0.15) is 24.9 Å². The second-order valence-electron chi connectivity index (χ2n) is 4.15. The van der Waals surface area contributed by atoms with E-state index in [1.165, 1.54) is 0 Å². The van der Waals surface area contributed by atoms with Gasteiger partial charge < -0.3 is 0 Å². The third-order valence-corrected chi connectivity index (χ3v) is 2.66. The van der Waals surface area contributed by atoms with Crippen LogP contribution in [0.4, 0.5) is 0 Å². The molecule has 2 rings (SSSR count). The summed E-state index contributed by atoms with van der Waals surface area (Å²) in [7, 11) is 0. The first-order chi connectivity index (χ1) is 8.22. The van der Waals surface area contributed by atoms with Gasteiger partial charge in [-0.25, -0.2) is 0 Å². The highest BCUT2D eigenvalue weighted by molar-refractivity contribution is 5.78. The normalized spacial score (nSPS) is 12.6. The van der Waals surface area contributed by atoms with Crippen molar-refractivity contribution in [2.24, 2.45) is 5.84 Å². The summed E-state index contributed by atoms with van der Waals surface area (Å²) in [6, 6.07) is 5.95. The van der Waals surface area contributed by atoms with Crippen LogP contribution in [0.15, 0.2) is 42.7 Å². The Morgan fingerprint density at radius 2 is 2.18 bits per heavy atom. The maximum absolute atomic E-state index is 5.60. The third kappa shape index (κ3) is 2.49. The summed E-state index contributed by atoms with van der Waals surface area (Å²) >= 11 is 0. The molecule has 0 bridgehead atoms. The molecule has 0 saturated heterocycles. The zero-order valence-electron chi connectivity index (χ0n) is 9.85. The van der Waals surface area contributed by atoms with Gasteiger partial charge in [0.25, 0.3) is 0 Å². The van der Waals surface area contributed by atoms with Gasteiger partial charge in [0.2, 0.25) is 0 Å². The molecule has 4 heteroatoms. The van der Waals surface area contributed by atoms with E-state index in [1.807, 2.05) is 25.1 Å². The molecule has 1 aromatic heterocycles. The standard InChI is InChI=1S/C13H16N4/c1-9(2)8-12(17-14)10-4-3-5-11-13(10)16-7-6-15-11/h3-7,12,17H,1,8,14H2,2H3. The molecule has 0 aliphatic rings. The lowest BCUT2D eigenvalue weighted by Gasteiger charge is -2.17. The number of nitrogens with zero attached hydrogens (tertiary/aromatic N) is 2. The van der Waals surface area contributed by atoms with Gasteiger partial charge >= 0.3 is 0 Å². The fraction of sp³-hybridized carbons (Fsp3) is 0.231. The summed E-state index contributed by atoms with van der Waals surface area (Å²) in [6.45, 7) is 5.90. The molecule has 17 heavy (non-hydrogen) atoms. The molecule has 3 N–H and O–H groups in total. The summed E-state index contributed by atoms with van der Waals surface area (Å²) in [5, 5.41) is 0. The van der Waals surface area contributed by atoms with Gasteiger partial charge in [-0.15, -0.1) is 6.58 Å². The van der Waals surface area contributed by atoms with Crippen molar-refractivity contribution in [3.63, 3.8) is 0 Å². The Morgan fingerprint density at radius 1 is 1.41 bits per heavy atom. The van der Waals surface area contributed by atoms with Crippen LogP contribution in [-0.4, -0.2) is 9.97 Å². The molecule has 0 aliphatic heterocycles. The first kappa shape index (κ1) is 11.7. The van der Waals surface area contributed by atoms with Gasteiger partial charge in [-0.1, -0.05) is 17.7 Å². The molecule has 1 unspecified atom stereocenters. The Balaban J connectivity index is 2.49. The first-order valence-corrected chi connectivity index (χ1v) is 5.52. The van der Waals surface area contributed by atoms with E-state index in [0.29, 0.717) is 0 Å². The molecule has 0 amide bonds. The smallest absolute Gasteiger partial charge is 0.0935 e. The van der Waals surface area contributed by atoms with Crippen LogP contribution in [0.3, 0.4) is 0 Å². The first-order valence-electron chi connectivity index (χ1n) is 5.52. The predicted octanol–water partition coefficient (Wildman–Crippen LogP) is 2.10. The van der Waals surface area contributed by atoms with Crippen LogP contribution in [0, 0.1) is 0 Å². The fourth-order valence-corrected chi connectivity index (χ4v) is 1.90. The maximum atomic E-state index is 5.60. The molecule has 88 valence electrons. The molecule has 1 heterocycles. The van der Waals surface area contributed by atoms with E-state index in [9.17, 15) is 0 Å². The van der Waals surface area contributed by atoms with Crippen LogP contribution in [0.2, 0.25) is 0 Å². The van der Waals surface area contributed by atoms with Gasteiger partial charge in [0.05, 0.1) is 17.1 Å². The molecule has 0 saturated carbocycles. The second kappa shape index (κ2) is 5.03. The van der Waals surface area contributed by atoms with Crippen LogP contribution < -0.4 is 11.3 Å². The number of fused-ring (bicyclic) bond motifs is 1. The lowest BCUT2D eigenvalue weighted by Crippen LogP contribution is -2.28. The number of benzene rings is 1. The zero-order chi connectivity index (χ0) is 12.3. The van der Waals surface area contributed by atoms with Crippen molar-refractivity contribution in [1.82, 2.24) is 15.4 Å². The number of hydrazine groups is 1. The van der Waals surface area contributed by atoms with Crippen LogP contribution in [-0.2, 0) is 0 Å². The van der Waals surface area contributed by atoms with Crippen molar-refractivity contribution in [1.29, 1.82) is 0 Å². The van der Waals surface area contributed by atoms with Gasteiger partial charge in [0.1, 0.15) is 0 Å². The highest BCUT2D eigenvalue weighted by Crippen LogP contribution is 2.24. The van der Waals surface area contributed by atoms with E-state index in [2.05, 4.69) is 22.0 Å². The van der Waals surface area contributed by atoms with Gasteiger partial charge in [-0.05, 0) is 25.0 Å². The fourth-order valence-electron chi connectivity index (χ4n) is 1.90. The number of para-hydroxylation sites is 1. The lowest BCUT2D eigenvalue weighted by atomic mass is 9.99. The lowest BCUT2D eigenvalue weighted by molar-refractivity contribution is 0.553. The quantitative estimate of drug-likeness (QED) is 0.478. The highest BCUT2D eigenvalue weighted by atomic mass is 15.2. The van der Waals surface area contributed by atoms with E-state index in [0.717, 1.165) is 28.6 Å². The average Bonchev–Trinajstić information content (AvgIpc) is 2.35. The number of aromatic nitrogens is 2. The number of hydrogen-bond donors (Lipinski definition) is 2. The van der Waals surface area contributed by atoms with Gasteiger partial charge in [-0.3, -0.25) is 21.2 Å². The highest BCUT2D eigenvalue weighted by Gasteiger charge is 2.13. The maximum Gasteiger partial charge on any atom is 0.0935 e. The van der Waals surface area contributed by atoms with Crippen molar-refractivity contribution < 1.29 is 0 Å². The summed E-state index contributed by atoms with van der Waals surface area (Å²) in [5.41, 5.74) is 6.72. The SMILES string of the molecule is C=C(C)CC(NN)c1cccc2nccnc12. The molecular formula is C13H16N4. The Bertz CT molecular complexity index is 530. The Kier molecular flexibility index (Phi) is 3.46.